The summed E-state index contributed by atoms with van der Waals surface area (Å²) >= 11 is 0. The van der Waals surface area contributed by atoms with Crippen molar-refractivity contribution in [3.8, 4) is 22.9 Å². The summed E-state index contributed by atoms with van der Waals surface area (Å²) in [5.41, 5.74) is 6.44. The van der Waals surface area contributed by atoms with Gasteiger partial charge in [0.05, 0.1) is 29.1 Å². The number of hydrogen-bond acceptors (Lipinski definition) is 4. The predicted molar refractivity (Wildman–Crippen MR) is 157 cm³/mol. The zero-order chi connectivity index (χ0) is 27.8. The van der Waals surface area contributed by atoms with E-state index in [2.05, 4.69) is 66.3 Å². The van der Waals surface area contributed by atoms with Gasteiger partial charge in [-0.2, -0.15) is 5.26 Å². The molecule has 39 heavy (non-hydrogen) atoms. The molecule has 4 aromatic rings. The van der Waals surface area contributed by atoms with Crippen molar-refractivity contribution in [1.29, 1.82) is 5.26 Å². The number of carbonyl (C=O) groups excluding carboxylic acids is 1. The Morgan fingerprint density at radius 1 is 1.05 bits per heavy atom. The molecule has 0 aliphatic carbocycles. The molecule has 0 spiro atoms. The number of hydrogen-bond donors (Lipinski definition) is 1. The van der Waals surface area contributed by atoms with Crippen molar-refractivity contribution < 1.29 is 9.53 Å². The molecule has 0 atom stereocenters. The molecular formula is C33H38N4O2. The third kappa shape index (κ3) is 6.49. The molecule has 3 aromatic carbocycles. The van der Waals surface area contributed by atoms with E-state index in [-0.39, 0.29) is 5.91 Å². The normalized spacial score (nSPS) is 14.3. The number of nitriles is 1. The highest BCUT2D eigenvalue weighted by Crippen LogP contribution is 2.35. The van der Waals surface area contributed by atoms with Crippen molar-refractivity contribution >= 4 is 16.9 Å². The molecule has 6 nitrogen and oxygen atoms in total. The molecule has 0 radical (unpaired) electrons. The van der Waals surface area contributed by atoms with E-state index < -0.39 is 5.41 Å². The van der Waals surface area contributed by atoms with Crippen LogP contribution in [0.25, 0.3) is 22.2 Å². The number of ether oxygens (including phenoxy) is 1. The Kier molecular flexibility index (Phi) is 9.03. The predicted octanol–water partition coefficient (Wildman–Crippen LogP) is 6.98. The Balaban J connectivity index is 0.000000187. The number of likely N-dealkylation sites (tertiary alicyclic amines) is 1. The largest absolute Gasteiger partial charge is 0.493 e. The van der Waals surface area contributed by atoms with Gasteiger partial charge in [-0.1, -0.05) is 56.3 Å². The third-order valence-electron chi connectivity index (χ3n) is 7.44. The topological polar surface area (TPSA) is 82.0 Å². The highest BCUT2D eigenvalue weighted by atomic mass is 16.5. The van der Waals surface area contributed by atoms with Gasteiger partial charge in [0.25, 0.3) is 0 Å². The lowest BCUT2D eigenvalue weighted by atomic mass is 9.74. The van der Waals surface area contributed by atoms with Crippen LogP contribution in [-0.4, -0.2) is 40.5 Å². The molecule has 0 bridgehead atoms. The van der Waals surface area contributed by atoms with E-state index in [0.29, 0.717) is 13.1 Å². The molecular weight excluding hydrogens is 484 g/mol. The zero-order valence-corrected chi connectivity index (χ0v) is 23.5. The number of carbonyl (C=O) groups is 1. The van der Waals surface area contributed by atoms with Crippen molar-refractivity contribution in [2.45, 2.75) is 58.8 Å². The zero-order valence-electron chi connectivity index (χ0n) is 23.5. The summed E-state index contributed by atoms with van der Waals surface area (Å²) in [7, 11) is 0. The maximum absolute atomic E-state index is 11.3. The molecule has 5 rings (SSSR count). The number of benzene rings is 3. The van der Waals surface area contributed by atoms with Crippen molar-refractivity contribution in [2.24, 2.45) is 0 Å². The number of piperidine rings is 1. The minimum Gasteiger partial charge on any atom is -0.493 e. The maximum Gasteiger partial charge on any atom is 0.219 e. The average molecular weight is 523 g/mol. The standard InChI is InChI=1S/C19H22N2O.C14H16N2O/c1-4-10-22-19-9-7-15(11-14(19)5-2)16-6-8-17-18(12-16)21-13(3)20-17;1-12(17)16-9-7-14(11-15,8-10-16)13-5-3-2-4-6-13/h6-9,11-12H,4-5,10H2,1-3H3,(H,20,21);2-6H,7-10H2,1H3. The number of rotatable bonds is 6. The smallest absolute Gasteiger partial charge is 0.219 e. The quantitative estimate of drug-likeness (QED) is 0.296. The third-order valence-corrected chi connectivity index (χ3v) is 7.44. The summed E-state index contributed by atoms with van der Waals surface area (Å²) in [5.74, 6) is 2.06. The summed E-state index contributed by atoms with van der Waals surface area (Å²) in [5, 5.41) is 9.47. The van der Waals surface area contributed by atoms with Crippen LogP contribution in [0.2, 0.25) is 0 Å². The van der Waals surface area contributed by atoms with Crippen LogP contribution in [-0.2, 0) is 16.6 Å². The number of nitrogens with zero attached hydrogens (tertiary/aromatic N) is 3. The van der Waals surface area contributed by atoms with Gasteiger partial charge in [0.1, 0.15) is 11.6 Å². The fourth-order valence-corrected chi connectivity index (χ4v) is 5.13. The molecule has 6 heteroatoms. The highest BCUT2D eigenvalue weighted by molar-refractivity contribution is 5.82. The first-order valence-electron chi connectivity index (χ1n) is 13.8. The number of aromatic amines is 1. The van der Waals surface area contributed by atoms with Gasteiger partial charge in [-0.15, -0.1) is 0 Å². The van der Waals surface area contributed by atoms with E-state index in [1.807, 2.05) is 42.2 Å². The summed E-state index contributed by atoms with van der Waals surface area (Å²) in [6, 6.07) is 25.2. The Morgan fingerprint density at radius 3 is 2.38 bits per heavy atom. The number of imidazole rings is 1. The molecule has 1 aliphatic rings. The van der Waals surface area contributed by atoms with Gasteiger partial charge >= 0.3 is 0 Å². The number of aromatic nitrogens is 2. The molecule has 1 aliphatic heterocycles. The molecule has 1 N–H and O–H groups in total. The van der Waals surface area contributed by atoms with Crippen LogP contribution in [0.5, 0.6) is 5.75 Å². The van der Waals surface area contributed by atoms with Crippen molar-refractivity contribution in [3.05, 3.63) is 83.7 Å². The van der Waals surface area contributed by atoms with Gasteiger partial charge in [0.15, 0.2) is 0 Å². The highest BCUT2D eigenvalue weighted by Gasteiger charge is 2.36. The molecule has 1 saturated heterocycles. The van der Waals surface area contributed by atoms with E-state index in [1.54, 1.807) is 6.92 Å². The maximum atomic E-state index is 11.3. The van der Waals surface area contributed by atoms with Gasteiger partial charge in [-0.25, -0.2) is 4.98 Å². The minimum atomic E-state index is -0.410. The van der Waals surface area contributed by atoms with Crippen LogP contribution in [0.4, 0.5) is 0 Å². The van der Waals surface area contributed by atoms with Gasteiger partial charge in [0.2, 0.25) is 5.91 Å². The lowest BCUT2D eigenvalue weighted by molar-refractivity contribution is -0.130. The van der Waals surface area contributed by atoms with Crippen molar-refractivity contribution in [1.82, 2.24) is 14.9 Å². The van der Waals surface area contributed by atoms with E-state index in [9.17, 15) is 10.1 Å². The molecule has 202 valence electrons. The van der Waals surface area contributed by atoms with Crippen LogP contribution < -0.4 is 4.74 Å². The molecule has 1 amide bonds. The van der Waals surface area contributed by atoms with Crippen molar-refractivity contribution in [2.75, 3.05) is 19.7 Å². The summed E-state index contributed by atoms with van der Waals surface area (Å²) in [6.45, 7) is 9.98. The second kappa shape index (κ2) is 12.6. The minimum absolute atomic E-state index is 0.101. The lowest BCUT2D eigenvalue weighted by Gasteiger charge is -2.37. The van der Waals surface area contributed by atoms with Crippen molar-refractivity contribution in [3.63, 3.8) is 0 Å². The van der Waals surface area contributed by atoms with Gasteiger partial charge in [-0.3, -0.25) is 4.79 Å². The first-order chi connectivity index (χ1) is 18.9. The SMILES string of the molecule is CC(=O)N1CCC(C#N)(c2ccccc2)CC1.CCCOc1ccc(-c2ccc3nc(C)[nH]c3c2)cc1CC. The Hall–Kier alpha value is -4.11. The number of fused-ring (bicyclic) bond motifs is 1. The van der Waals surface area contributed by atoms with Crippen LogP contribution in [0, 0.1) is 18.3 Å². The second-order valence-corrected chi connectivity index (χ2v) is 10.1. The Morgan fingerprint density at radius 2 is 1.74 bits per heavy atom. The van der Waals surface area contributed by atoms with Crippen LogP contribution in [0.15, 0.2) is 66.7 Å². The number of H-pyrrole nitrogens is 1. The summed E-state index contributed by atoms with van der Waals surface area (Å²) < 4.78 is 5.83. The van der Waals surface area contributed by atoms with E-state index in [0.717, 1.165) is 60.5 Å². The van der Waals surface area contributed by atoms with E-state index >= 15 is 0 Å². The van der Waals surface area contributed by atoms with Crippen LogP contribution >= 0.6 is 0 Å². The van der Waals surface area contributed by atoms with E-state index in [4.69, 9.17) is 4.74 Å². The number of aryl methyl sites for hydroxylation is 2. The molecule has 0 saturated carbocycles. The van der Waals surface area contributed by atoms with Crippen LogP contribution in [0.1, 0.15) is 57.0 Å². The lowest BCUT2D eigenvalue weighted by Crippen LogP contribution is -2.43. The first-order valence-corrected chi connectivity index (χ1v) is 13.8. The molecule has 1 fully saturated rings. The number of amides is 1. The first kappa shape index (κ1) is 27.9. The molecule has 2 heterocycles. The second-order valence-electron chi connectivity index (χ2n) is 10.1. The fraction of sp³-hybridized carbons (Fsp3) is 0.364. The van der Waals surface area contributed by atoms with Crippen LogP contribution in [0.3, 0.4) is 0 Å². The Bertz CT molecular complexity index is 1440. The number of nitrogens with one attached hydrogen (secondary N) is 1. The van der Waals surface area contributed by atoms with E-state index in [1.165, 1.54) is 16.7 Å². The average Bonchev–Trinajstić information content (AvgIpc) is 3.36. The molecule has 1 aromatic heterocycles. The van der Waals surface area contributed by atoms with Gasteiger partial charge in [-0.05, 0) is 79.1 Å². The fourth-order valence-electron chi connectivity index (χ4n) is 5.13. The summed E-state index contributed by atoms with van der Waals surface area (Å²) in [6.07, 6.45) is 3.46. The Labute approximate surface area is 231 Å². The van der Waals surface area contributed by atoms with Gasteiger partial charge in [0, 0.05) is 20.0 Å². The molecule has 0 unspecified atom stereocenters. The monoisotopic (exact) mass is 522 g/mol. The summed E-state index contributed by atoms with van der Waals surface area (Å²) in [4.78, 5) is 20.9. The van der Waals surface area contributed by atoms with Gasteiger partial charge < -0.3 is 14.6 Å².